The smallest absolute Gasteiger partial charge is 0.306 e. The van der Waals surface area contributed by atoms with Crippen molar-refractivity contribution in [2.75, 3.05) is 0 Å². The first-order valence-electron chi connectivity index (χ1n) is 2.33. The third kappa shape index (κ3) is 5.78. The molecule has 0 unspecified atom stereocenters. The first-order chi connectivity index (χ1) is 4.16. The average molecular weight is 242 g/mol. The fourth-order valence-electron chi connectivity index (χ4n) is 0.331. The van der Waals surface area contributed by atoms with Crippen molar-refractivity contribution in [2.24, 2.45) is 0 Å². The van der Waals surface area contributed by atoms with E-state index in [1.54, 1.807) is 4.08 Å². The fraction of sp³-hybridized carbons (Fsp3) is 0.400. The first kappa shape index (κ1) is 8.90. The van der Waals surface area contributed by atoms with Crippen molar-refractivity contribution in [3.8, 4) is 0 Å². The molecule has 52 valence electrons. The Morgan fingerprint density at radius 1 is 1.78 bits per heavy atom. The number of carbonyl (C=O) groups is 1. The quantitative estimate of drug-likeness (QED) is 0.718. The summed E-state index contributed by atoms with van der Waals surface area (Å²) in [6, 6.07) is 0. The number of aliphatic hydroxyl groups is 1. The topological polar surface area (TPSA) is 57.5 Å². The number of rotatable bonds is 3. The van der Waals surface area contributed by atoms with Crippen molar-refractivity contribution < 1.29 is 15.0 Å². The second-order valence-electron chi connectivity index (χ2n) is 1.48. The molecule has 0 bridgehead atoms. The van der Waals surface area contributed by atoms with Gasteiger partial charge in [-0.3, -0.25) is 4.79 Å². The van der Waals surface area contributed by atoms with Crippen LogP contribution in [0, 0.1) is 0 Å². The SMILES string of the molecule is O=C(O)C[C@H](O)/C=C\I. The van der Waals surface area contributed by atoms with Gasteiger partial charge in [0.15, 0.2) is 0 Å². The number of aliphatic carboxylic acids is 1. The van der Waals surface area contributed by atoms with Crippen molar-refractivity contribution in [2.45, 2.75) is 12.5 Å². The number of halogens is 1. The van der Waals surface area contributed by atoms with Crippen molar-refractivity contribution in [1.82, 2.24) is 0 Å². The summed E-state index contributed by atoms with van der Waals surface area (Å²) in [4.78, 5) is 9.89. The Morgan fingerprint density at radius 2 is 2.33 bits per heavy atom. The summed E-state index contributed by atoms with van der Waals surface area (Å²) in [6.07, 6.45) is 0.355. The summed E-state index contributed by atoms with van der Waals surface area (Å²) in [5, 5.41) is 16.9. The zero-order chi connectivity index (χ0) is 7.28. The summed E-state index contributed by atoms with van der Waals surface area (Å²) in [5.41, 5.74) is 0. The molecule has 0 spiro atoms. The zero-order valence-corrected chi connectivity index (χ0v) is 6.78. The lowest BCUT2D eigenvalue weighted by molar-refractivity contribution is -0.138. The first-order valence-corrected chi connectivity index (χ1v) is 3.58. The molecule has 9 heavy (non-hydrogen) atoms. The Bertz CT molecular complexity index is 121. The van der Waals surface area contributed by atoms with Gasteiger partial charge in [-0.25, -0.2) is 0 Å². The minimum Gasteiger partial charge on any atom is -0.481 e. The van der Waals surface area contributed by atoms with Crippen molar-refractivity contribution >= 4 is 28.6 Å². The molecule has 1 atom stereocenters. The summed E-state index contributed by atoms with van der Waals surface area (Å²) >= 11 is 1.92. The minimum absolute atomic E-state index is 0.223. The van der Waals surface area contributed by atoms with E-state index in [0.29, 0.717) is 0 Å². The predicted octanol–water partition coefficient (Wildman–Crippen LogP) is 0.771. The van der Waals surface area contributed by atoms with Crippen molar-refractivity contribution in [3.63, 3.8) is 0 Å². The Labute approximate surface area is 66.5 Å². The second-order valence-corrected chi connectivity index (χ2v) is 2.20. The lowest BCUT2D eigenvalue weighted by Crippen LogP contribution is -2.08. The van der Waals surface area contributed by atoms with Gasteiger partial charge in [-0.15, -0.1) is 0 Å². The highest BCUT2D eigenvalue weighted by molar-refractivity contribution is 14.1. The maximum Gasteiger partial charge on any atom is 0.306 e. The highest BCUT2D eigenvalue weighted by atomic mass is 127. The molecule has 0 fully saturated rings. The molecule has 0 aliphatic heterocycles. The molecule has 0 saturated heterocycles. The molecule has 4 heteroatoms. The van der Waals surface area contributed by atoms with Crippen molar-refractivity contribution in [1.29, 1.82) is 0 Å². The molecule has 3 nitrogen and oxygen atoms in total. The van der Waals surface area contributed by atoms with Gasteiger partial charge in [-0.2, -0.15) is 0 Å². The Balaban J connectivity index is 3.50. The van der Waals surface area contributed by atoms with Crippen LogP contribution in [-0.2, 0) is 4.79 Å². The molecule has 2 N–H and O–H groups in total. The van der Waals surface area contributed by atoms with E-state index in [-0.39, 0.29) is 6.42 Å². The van der Waals surface area contributed by atoms with Crippen LogP contribution in [0.5, 0.6) is 0 Å². The third-order valence-electron chi connectivity index (χ3n) is 0.679. The van der Waals surface area contributed by atoms with Crippen LogP contribution in [0.4, 0.5) is 0 Å². The van der Waals surface area contributed by atoms with Crippen LogP contribution in [-0.4, -0.2) is 22.3 Å². The van der Waals surface area contributed by atoms with Gasteiger partial charge in [-0.1, -0.05) is 22.6 Å². The van der Waals surface area contributed by atoms with Crippen LogP contribution in [0.1, 0.15) is 6.42 Å². The van der Waals surface area contributed by atoms with E-state index in [2.05, 4.69) is 0 Å². The predicted molar refractivity (Wildman–Crippen MR) is 41.4 cm³/mol. The molecule has 0 heterocycles. The van der Waals surface area contributed by atoms with Crippen LogP contribution < -0.4 is 0 Å². The molecule has 0 aromatic heterocycles. The number of hydrogen-bond acceptors (Lipinski definition) is 2. The number of hydrogen-bond donors (Lipinski definition) is 2. The zero-order valence-electron chi connectivity index (χ0n) is 4.62. The van der Waals surface area contributed by atoms with Crippen LogP contribution in [0.2, 0.25) is 0 Å². The normalized spacial score (nSPS) is 14.0. The molecule has 0 saturated carbocycles. The van der Waals surface area contributed by atoms with Gasteiger partial charge in [0.05, 0.1) is 12.5 Å². The van der Waals surface area contributed by atoms with Gasteiger partial charge < -0.3 is 10.2 Å². The number of carboxylic acid groups (broad SMARTS) is 1. The molecule has 0 aliphatic rings. The maximum atomic E-state index is 9.89. The van der Waals surface area contributed by atoms with Crippen LogP contribution >= 0.6 is 22.6 Å². The third-order valence-corrected chi connectivity index (χ3v) is 1.09. The number of aliphatic hydroxyl groups excluding tert-OH is 1. The van der Waals surface area contributed by atoms with Gasteiger partial charge in [0.1, 0.15) is 0 Å². The van der Waals surface area contributed by atoms with E-state index in [4.69, 9.17) is 10.2 Å². The van der Waals surface area contributed by atoms with Crippen LogP contribution in [0.3, 0.4) is 0 Å². The van der Waals surface area contributed by atoms with E-state index < -0.39 is 12.1 Å². The second kappa shape index (κ2) is 4.75. The molecule has 0 aromatic carbocycles. The lowest BCUT2D eigenvalue weighted by Gasteiger charge is -1.97. The molecular weight excluding hydrogens is 235 g/mol. The lowest BCUT2D eigenvalue weighted by atomic mass is 10.2. The van der Waals surface area contributed by atoms with Gasteiger partial charge in [0, 0.05) is 0 Å². The highest BCUT2D eigenvalue weighted by Gasteiger charge is 2.03. The maximum absolute atomic E-state index is 9.89. The monoisotopic (exact) mass is 242 g/mol. The highest BCUT2D eigenvalue weighted by Crippen LogP contribution is 1.95. The minimum atomic E-state index is -0.989. The van der Waals surface area contributed by atoms with Gasteiger partial charge in [-0.05, 0) is 10.2 Å². The Hall–Kier alpha value is -0.100. The van der Waals surface area contributed by atoms with Crippen molar-refractivity contribution in [3.05, 3.63) is 10.2 Å². The molecule has 0 amide bonds. The average Bonchev–Trinajstić information content (AvgIpc) is 1.63. The van der Waals surface area contributed by atoms with Gasteiger partial charge in [0.2, 0.25) is 0 Å². The summed E-state index contributed by atoms with van der Waals surface area (Å²) in [6.45, 7) is 0. The Kier molecular flexibility index (Phi) is 4.70. The van der Waals surface area contributed by atoms with E-state index in [1.165, 1.54) is 6.08 Å². The summed E-state index contributed by atoms with van der Waals surface area (Å²) in [7, 11) is 0. The van der Waals surface area contributed by atoms with Crippen LogP contribution in [0.25, 0.3) is 0 Å². The summed E-state index contributed by atoms with van der Waals surface area (Å²) < 4.78 is 1.59. The largest absolute Gasteiger partial charge is 0.481 e. The van der Waals surface area contributed by atoms with Gasteiger partial charge in [0.25, 0.3) is 0 Å². The van der Waals surface area contributed by atoms with Crippen LogP contribution in [0.15, 0.2) is 10.2 Å². The van der Waals surface area contributed by atoms with E-state index >= 15 is 0 Å². The molecule has 0 radical (unpaired) electrons. The molecule has 0 rings (SSSR count). The molecule has 0 aliphatic carbocycles. The fourth-order valence-corrected chi connectivity index (χ4v) is 0.810. The van der Waals surface area contributed by atoms with E-state index in [0.717, 1.165) is 0 Å². The summed E-state index contributed by atoms with van der Waals surface area (Å²) in [5.74, 6) is -0.989. The van der Waals surface area contributed by atoms with E-state index in [1.807, 2.05) is 22.6 Å². The van der Waals surface area contributed by atoms with Gasteiger partial charge >= 0.3 is 5.97 Å². The molecular formula is C5H7IO3. The molecule has 0 aromatic rings. The van der Waals surface area contributed by atoms with E-state index in [9.17, 15) is 4.79 Å². The number of carboxylic acids is 1. The Morgan fingerprint density at radius 3 is 2.67 bits per heavy atom. The standard InChI is InChI=1S/C5H7IO3/c6-2-1-4(7)3-5(8)9/h1-2,4,7H,3H2,(H,8,9)/b2-1-/t4-/m1/s1.